The fraction of sp³-hybridized carbons (Fsp3) is 0.333. The van der Waals surface area contributed by atoms with Gasteiger partial charge in [0.15, 0.2) is 9.84 Å². The summed E-state index contributed by atoms with van der Waals surface area (Å²) >= 11 is 0. The van der Waals surface area contributed by atoms with Gasteiger partial charge in [0, 0.05) is 12.5 Å². The molecule has 94 valence electrons. The van der Waals surface area contributed by atoms with Crippen molar-refractivity contribution in [3.05, 3.63) is 29.8 Å². The Bertz CT molecular complexity index is 637. The standard InChI is InChI=1S/C9H12N2O4S2/c10-17(14,15)11-5-7-6-16(12,13)9-4-2-1-3-8(7)9/h1-4,7,11H,5-6H2,(H2,10,14,15). The summed E-state index contributed by atoms with van der Waals surface area (Å²) in [6, 6.07) is 6.59. The fourth-order valence-electron chi connectivity index (χ4n) is 1.93. The lowest BCUT2D eigenvalue weighted by Gasteiger charge is -2.09. The van der Waals surface area contributed by atoms with E-state index < -0.39 is 20.0 Å². The molecule has 1 unspecified atom stereocenters. The first-order valence-electron chi connectivity index (χ1n) is 4.89. The van der Waals surface area contributed by atoms with Gasteiger partial charge in [0.1, 0.15) is 0 Å². The molecule has 17 heavy (non-hydrogen) atoms. The molecule has 0 saturated heterocycles. The van der Waals surface area contributed by atoms with Crippen LogP contribution in [0.3, 0.4) is 0 Å². The third kappa shape index (κ3) is 2.65. The van der Waals surface area contributed by atoms with Crippen molar-refractivity contribution in [1.29, 1.82) is 0 Å². The lowest BCUT2D eigenvalue weighted by molar-refractivity contribution is 0.574. The average Bonchev–Trinajstić information content (AvgIpc) is 2.48. The van der Waals surface area contributed by atoms with Gasteiger partial charge in [0.25, 0.3) is 10.2 Å². The SMILES string of the molecule is NS(=O)(=O)NCC1CS(=O)(=O)c2ccccc21. The van der Waals surface area contributed by atoms with Crippen molar-refractivity contribution in [2.45, 2.75) is 10.8 Å². The van der Waals surface area contributed by atoms with Crippen molar-refractivity contribution in [1.82, 2.24) is 4.72 Å². The summed E-state index contributed by atoms with van der Waals surface area (Å²) in [4.78, 5) is 0.279. The zero-order chi connectivity index (χ0) is 12.7. The summed E-state index contributed by atoms with van der Waals surface area (Å²) in [6.07, 6.45) is 0. The summed E-state index contributed by atoms with van der Waals surface area (Å²) in [7, 11) is -7.09. The number of rotatable bonds is 3. The van der Waals surface area contributed by atoms with Crippen molar-refractivity contribution in [3.63, 3.8) is 0 Å². The highest BCUT2D eigenvalue weighted by Crippen LogP contribution is 2.34. The van der Waals surface area contributed by atoms with Gasteiger partial charge in [-0.15, -0.1) is 0 Å². The molecule has 1 aromatic carbocycles. The predicted octanol–water partition coefficient (Wildman–Crippen LogP) is -0.649. The first-order valence-corrected chi connectivity index (χ1v) is 8.08. The van der Waals surface area contributed by atoms with E-state index in [-0.39, 0.29) is 23.1 Å². The molecule has 1 aliphatic heterocycles. The molecule has 1 aromatic rings. The second kappa shape index (κ2) is 4.05. The van der Waals surface area contributed by atoms with Crippen LogP contribution in [0, 0.1) is 0 Å². The number of fused-ring (bicyclic) bond motifs is 1. The summed E-state index contributed by atoms with van der Waals surface area (Å²) < 4.78 is 47.2. The topological polar surface area (TPSA) is 106 Å². The first-order chi connectivity index (χ1) is 7.80. The fourth-order valence-corrected chi connectivity index (χ4v) is 4.25. The predicted molar refractivity (Wildman–Crippen MR) is 62.3 cm³/mol. The number of hydrogen-bond acceptors (Lipinski definition) is 4. The smallest absolute Gasteiger partial charge is 0.224 e. The maximum atomic E-state index is 11.8. The minimum Gasteiger partial charge on any atom is -0.224 e. The number of nitrogens with one attached hydrogen (secondary N) is 1. The molecule has 0 fully saturated rings. The Kier molecular flexibility index (Phi) is 2.98. The van der Waals surface area contributed by atoms with Crippen molar-refractivity contribution in [3.8, 4) is 0 Å². The largest absolute Gasteiger partial charge is 0.274 e. The van der Waals surface area contributed by atoms with Crippen LogP contribution < -0.4 is 9.86 Å². The van der Waals surface area contributed by atoms with E-state index >= 15 is 0 Å². The third-order valence-electron chi connectivity index (χ3n) is 2.65. The Labute approximate surface area is 99.9 Å². The molecular formula is C9H12N2O4S2. The Morgan fingerprint density at radius 2 is 2.00 bits per heavy atom. The van der Waals surface area contributed by atoms with Crippen LogP contribution in [0.25, 0.3) is 0 Å². The monoisotopic (exact) mass is 276 g/mol. The Hall–Kier alpha value is -0.960. The molecule has 0 bridgehead atoms. The summed E-state index contributed by atoms with van der Waals surface area (Å²) in [5.74, 6) is -0.468. The van der Waals surface area contributed by atoms with Crippen LogP contribution in [0.1, 0.15) is 11.5 Å². The first kappa shape index (κ1) is 12.5. The van der Waals surface area contributed by atoms with E-state index in [0.717, 1.165) is 0 Å². The van der Waals surface area contributed by atoms with Gasteiger partial charge in [-0.2, -0.15) is 8.42 Å². The maximum Gasteiger partial charge on any atom is 0.274 e. The molecule has 6 nitrogen and oxygen atoms in total. The van der Waals surface area contributed by atoms with Gasteiger partial charge in [0.2, 0.25) is 0 Å². The molecule has 0 aromatic heterocycles. The van der Waals surface area contributed by atoms with Gasteiger partial charge in [0.05, 0.1) is 10.6 Å². The molecule has 0 spiro atoms. The van der Waals surface area contributed by atoms with Crippen LogP contribution in [-0.4, -0.2) is 29.1 Å². The molecule has 3 N–H and O–H groups in total. The van der Waals surface area contributed by atoms with Crippen LogP contribution in [0.2, 0.25) is 0 Å². The highest BCUT2D eigenvalue weighted by atomic mass is 32.2. The Balaban J connectivity index is 2.30. The molecule has 1 atom stereocenters. The van der Waals surface area contributed by atoms with Crippen LogP contribution in [0.15, 0.2) is 29.2 Å². The molecular weight excluding hydrogens is 264 g/mol. The van der Waals surface area contributed by atoms with Gasteiger partial charge in [-0.05, 0) is 11.6 Å². The van der Waals surface area contributed by atoms with Crippen LogP contribution in [-0.2, 0) is 20.0 Å². The minimum absolute atomic E-state index is 0.00488. The van der Waals surface area contributed by atoms with Crippen LogP contribution >= 0.6 is 0 Å². The number of hydrogen-bond donors (Lipinski definition) is 2. The molecule has 8 heteroatoms. The van der Waals surface area contributed by atoms with Crippen LogP contribution in [0.4, 0.5) is 0 Å². The summed E-state index contributed by atoms with van der Waals surface area (Å²) in [5.41, 5.74) is 0.642. The van der Waals surface area contributed by atoms with E-state index in [2.05, 4.69) is 4.72 Å². The van der Waals surface area contributed by atoms with Crippen molar-refractivity contribution < 1.29 is 16.8 Å². The molecule has 0 saturated carbocycles. The third-order valence-corrected chi connectivity index (χ3v) is 5.10. The molecule has 0 radical (unpaired) electrons. The van der Waals surface area contributed by atoms with Crippen molar-refractivity contribution in [2.24, 2.45) is 5.14 Å². The van der Waals surface area contributed by atoms with E-state index in [4.69, 9.17) is 5.14 Å². The van der Waals surface area contributed by atoms with E-state index in [1.165, 1.54) is 6.07 Å². The number of sulfone groups is 1. The average molecular weight is 276 g/mol. The normalized spacial score (nSPS) is 22.3. The van der Waals surface area contributed by atoms with E-state index in [0.29, 0.717) is 5.56 Å². The van der Waals surface area contributed by atoms with E-state index in [1.54, 1.807) is 18.2 Å². The summed E-state index contributed by atoms with van der Waals surface area (Å²) in [5, 5.41) is 4.81. The summed E-state index contributed by atoms with van der Waals surface area (Å²) in [6.45, 7) is -0.00488. The van der Waals surface area contributed by atoms with Gasteiger partial charge in [-0.25, -0.2) is 18.3 Å². The highest BCUT2D eigenvalue weighted by Gasteiger charge is 2.34. The Morgan fingerprint density at radius 3 is 2.65 bits per heavy atom. The molecule has 0 aliphatic carbocycles. The molecule has 2 rings (SSSR count). The minimum atomic E-state index is -3.80. The lowest BCUT2D eigenvalue weighted by atomic mass is 10.0. The van der Waals surface area contributed by atoms with Gasteiger partial charge in [-0.1, -0.05) is 18.2 Å². The Morgan fingerprint density at radius 1 is 1.35 bits per heavy atom. The quantitative estimate of drug-likeness (QED) is 0.765. The second-order valence-corrected chi connectivity index (χ2v) is 7.29. The van der Waals surface area contributed by atoms with Crippen LogP contribution in [0.5, 0.6) is 0 Å². The van der Waals surface area contributed by atoms with E-state index in [1.807, 2.05) is 0 Å². The highest BCUT2D eigenvalue weighted by molar-refractivity contribution is 7.91. The van der Waals surface area contributed by atoms with Crippen molar-refractivity contribution >= 4 is 20.0 Å². The number of benzene rings is 1. The second-order valence-electron chi connectivity index (χ2n) is 3.91. The van der Waals surface area contributed by atoms with Gasteiger partial charge >= 0.3 is 0 Å². The maximum absolute atomic E-state index is 11.8. The zero-order valence-electron chi connectivity index (χ0n) is 8.83. The zero-order valence-corrected chi connectivity index (χ0v) is 10.5. The number of nitrogens with two attached hydrogens (primary N) is 1. The molecule has 1 heterocycles. The van der Waals surface area contributed by atoms with E-state index in [9.17, 15) is 16.8 Å². The van der Waals surface area contributed by atoms with Gasteiger partial charge < -0.3 is 0 Å². The molecule has 1 aliphatic rings. The molecule has 0 amide bonds. The lowest BCUT2D eigenvalue weighted by Crippen LogP contribution is -2.34. The van der Waals surface area contributed by atoms with Gasteiger partial charge in [-0.3, -0.25) is 0 Å². The van der Waals surface area contributed by atoms with Crippen molar-refractivity contribution in [2.75, 3.05) is 12.3 Å².